The maximum absolute atomic E-state index is 11.0. The van der Waals surface area contributed by atoms with Gasteiger partial charge in [0.1, 0.15) is 5.82 Å². The van der Waals surface area contributed by atoms with Gasteiger partial charge < -0.3 is 10.4 Å². The molecule has 100 valence electrons. The van der Waals surface area contributed by atoms with E-state index in [1.54, 1.807) is 12.1 Å². The molecule has 0 aromatic carbocycles. The molecule has 4 nitrogen and oxygen atoms in total. The van der Waals surface area contributed by atoms with Gasteiger partial charge in [-0.1, -0.05) is 13.8 Å². The van der Waals surface area contributed by atoms with Gasteiger partial charge in [0.15, 0.2) is 0 Å². The molecule has 2 N–H and O–H groups in total. The predicted molar refractivity (Wildman–Crippen MR) is 76.7 cm³/mol. The van der Waals surface area contributed by atoms with E-state index in [9.17, 15) is 4.79 Å². The average molecular weight is 268 g/mol. The van der Waals surface area contributed by atoms with Gasteiger partial charge in [-0.15, -0.1) is 0 Å². The van der Waals surface area contributed by atoms with Crippen molar-refractivity contribution in [1.29, 1.82) is 0 Å². The first-order valence-corrected chi connectivity index (χ1v) is 7.30. The number of nitrogens with one attached hydrogen (secondary N) is 1. The fourth-order valence-corrected chi connectivity index (χ4v) is 2.23. The minimum atomic E-state index is -0.911. The van der Waals surface area contributed by atoms with Crippen LogP contribution in [-0.4, -0.2) is 33.6 Å². The number of hydrogen-bond donors (Lipinski definition) is 2. The Morgan fingerprint density at radius 3 is 2.78 bits per heavy atom. The second-order valence-electron chi connectivity index (χ2n) is 4.10. The predicted octanol–water partition coefficient (Wildman–Crippen LogP) is 2.90. The quantitative estimate of drug-likeness (QED) is 0.796. The molecular weight excluding hydrogens is 248 g/mol. The van der Waals surface area contributed by atoms with Crippen LogP contribution in [0.25, 0.3) is 0 Å². The van der Waals surface area contributed by atoms with Gasteiger partial charge in [0, 0.05) is 17.5 Å². The van der Waals surface area contributed by atoms with Crippen LogP contribution in [0.1, 0.15) is 36.8 Å². The number of rotatable bonds is 7. The molecule has 5 heteroatoms. The lowest BCUT2D eigenvalue weighted by Crippen LogP contribution is -2.19. The van der Waals surface area contributed by atoms with E-state index >= 15 is 0 Å². The van der Waals surface area contributed by atoms with Crippen LogP contribution in [0.2, 0.25) is 0 Å². The molecule has 0 amide bonds. The molecular formula is C13H20N2O2S. The Balaban J connectivity index is 2.81. The first kappa shape index (κ1) is 14.8. The number of thioether (sulfide) groups is 1. The standard InChI is InChI=1S/C13H20N2O2S/c1-4-11-6-10(13(16)17)7-12(15-11)14-9(3)8-18-5-2/h6-7,9H,4-5,8H2,1-3H3,(H,14,15)(H,16,17). The highest BCUT2D eigenvalue weighted by Gasteiger charge is 2.09. The van der Waals surface area contributed by atoms with E-state index in [1.807, 2.05) is 18.7 Å². The first-order valence-electron chi connectivity index (χ1n) is 6.15. The summed E-state index contributed by atoms with van der Waals surface area (Å²) in [6, 6.07) is 3.49. The highest BCUT2D eigenvalue weighted by molar-refractivity contribution is 7.99. The Labute approximate surface area is 112 Å². The van der Waals surface area contributed by atoms with Crippen LogP contribution in [0.15, 0.2) is 12.1 Å². The Bertz CT molecular complexity index is 410. The molecule has 1 unspecified atom stereocenters. The topological polar surface area (TPSA) is 62.2 Å². The third-order valence-corrected chi connectivity index (χ3v) is 3.60. The number of nitrogens with zero attached hydrogens (tertiary/aromatic N) is 1. The van der Waals surface area contributed by atoms with E-state index in [0.717, 1.165) is 23.6 Å². The van der Waals surface area contributed by atoms with Crippen molar-refractivity contribution in [3.8, 4) is 0 Å². The van der Waals surface area contributed by atoms with Gasteiger partial charge in [-0.25, -0.2) is 9.78 Å². The molecule has 0 saturated heterocycles. The lowest BCUT2D eigenvalue weighted by molar-refractivity contribution is 0.0696. The summed E-state index contributed by atoms with van der Waals surface area (Å²) in [7, 11) is 0. The summed E-state index contributed by atoms with van der Waals surface area (Å²) in [5.41, 5.74) is 1.09. The Morgan fingerprint density at radius 2 is 2.22 bits per heavy atom. The summed E-state index contributed by atoms with van der Waals surface area (Å²) in [4.78, 5) is 15.4. The van der Waals surface area contributed by atoms with Crippen LogP contribution in [0.3, 0.4) is 0 Å². The third-order valence-electron chi connectivity index (χ3n) is 2.45. The number of hydrogen-bond acceptors (Lipinski definition) is 4. The van der Waals surface area contributed by atoms with Gasteiger partial charge in [-0.2, -0.15) is 11.8 Å². The minimum absolute atomic E-state index is 0.274. The fourth-order valence-electron chi connectivity index (χ4n) is 1.56. The van der Waals surface area contributed by atoms with Crippen molar-refractivity contribution in [3.05, 3.63) is 23.4 Å². The Morgan fingerprint density at radius 1 is 1.50 bits per heavy atom. The number of pyridine rings is 1. The molecule has 0 saturated carbocycles. The Kier molecular flexibility index (Phi) is 5.98. The van der Waals surface area contributed by atoms with Gasteiger partial charge in [-0.3, -0.25) is 0 Å². The monoisotopic (exact) mass is 268 g/mol. The van der Waals surface area contributed by atoms with Gasteiger partial charge in [0.2, 0.25) is 0 Å². The second-order valence-corrected chi connectivity index (χ2v) is 5.41. The van der Waals surface area contributed by atoms with Crippen molar-refractivity contribution in [2.75, 3.05) is 16.8 Å². The molecule has 1 aromatic heterocycles. The number of carbonyl (C=O) groups is 1. The van der Waals surface area contributed by atoms with Gasteiger partial charge >= 0.3 is 5.97 Å². The van der Waals surface area contributed by atoms with Crippen molar-refractivity contribution in [2.24, 2.45) is 0 Å². The summed E-state index contributed by atoms with van der Waals surface area (Å²) in [5.74, 6) is 1.80. The van der Waals surface area contributed by atoms with Crippen LogP contribution >= 0.6 is 11.8 Å². The Hall–Kier alpha value is -1.23. The van der Waals surface area contributed by atoms with Crippen LogP contribution in [0.4, 0.5) is 5.82 Å². The number of carboxylic acid groups (broad SMARTS) is 1. The molecule has 0 aliphatic heterocycles. The van der Waals surface area contributed by atoms with Crippen LogP contribution in [0.5, 0.6) is 0 Å². The molecule has 0 bridgehead atoms. The normalized spacial score (nSPS) is 12.2. The molecule has 0 spiro atoms. The number of carboxylic acids is 1. The van der Waals surface area contributed by atoms with E-state index in [4.69, 9.17) is 5.11 Å². The largest absolute Gasteiger partial charge is 0.478 e. The molecule has 1 rings (SSSR count). The maximum atomic E-state index is 11.0. The maximum Gasteiger partial charge on any atom is 0.335 e. The molecule has 1 aromatic rings. The zero-order chi connectivity index (χ0) is 13.5. The molecule has 1 atom stereocenters. The summed E-state index contributed by atoms with van der Waals surface area (Å²) in [6.07, 6.45) is 0.730. The highest BCUT2D eigenvalue weighted by Crippen LogP contribution is 2.14. The van der Waals surface area contributed by atoms with E-state index < -0.39 is 5.97 Å². The molecule has 1 heterocycles. The van der Waals surface area contributed by atoms with E-state index in [0.29, 0.717) is 11.4 Å². The SMILES string of the molecule is CCSCC(C)Nc1cc(C(=O)O)cc(CC)n1. The van der Waals surface area contributed by atoms with Crippen LogP contribution in [-0.2, 0) is 6.42 Å². The van der Waals surface area contributed by atoms with Crippen molar-refractivity contribution >= 4 is 23.5 Å². The van der Waals surface area contributed by atoms with Crippen molar-refractivity contribution in [3.63, 3.8) is 0 Å². The minimum Gasteiger partial charge on any atom is -0.478 e. The van der Waals surface area contributed by atoms with Crippen molar-refractivity contribution in [2.45, 2.75) is 33.2 Å². The molecule has 18 heavy (non-hydrogen) atoms. The summed E-state index contributed by atoms with van der Waals surface area (Å²) >= 11 is 1.85. The number of aromatic nitrogens is 1. The highest BCUT2D eigenvalue weighted by atomic mass is 32.2. The fraction of sp³-hybridized carbons (Fsp3) is 0.538. The van der Waals surface area contributed by atoms with E-state index in [2.05, 4.69) is 24.1 Å². The van der Waals surface area contributed by atoms with E-state index in [1.165, 1.54) is 0 Å². The number of aromatic carboxylic acids is 1. The van der Waals surface area contributed by atoms with Crippen LogP contribution in [0, 0.1) is 0 Å². The van der Waals surface area contributed by atoms with Crippen molar-refractivity contribution < 1.29 is 9.90 Å². The van der Waals surface area contributed by atoms with Gasteiger partial charge in [0.25, 0.3) is 0 Å². The third kappa shape index (κ3) is 4.56. The van der Waals surface area contributed by atoms with Crippen LogP contribution < -0.4 is 5.32 Å². The van der Waals surface area contributed by atoms with Gasteiger partial charge in [-0.05, 0) is 31.2 Å². The van der Waals surface area contributed by atoms with Crippen molar-refractivity contribution in [1.82, 2.24) is 4.98 Å². The lowest BCUT2D eigenvalue weighted by atomic mass is 10.2. The smallest absolute Gasteiger partial charge is 0.335 e. The number of anilines is 1. The first-order chi connectivity index (χ1) is 8.56. The zero-order valence-electron chi connectivity index (χ0n) is 11.1. The van der Waals surface area contributed by atoms with Gasteiger partial charge in [0.05, 0.1) is 5.56 Å². The average Bonchev–Trinajstić information content (AvgIpc) is 2.35. The lowest BCUT2D eigenvalue weighted by Gasteiger charge is -2.15. The molecule has 0 fully saturated rings. The zero-order valence-corrected chi connectivity index (χ0v) is 11.9. The molecule has 0 aliphatic carbocycles. The number of aryl methyl sites for hydroxylation is 1. The molecule has 0 radical (unpaired) electrons. The summed E-state index contributed by atoms with van der Waals surface area (Å²) in [5, 5.41) is 12.3. The molecule has 0 aliphatic rings. The van der Waals surface area contributed by atoms with E-state index in [-0.39, 0.29) is 6.04 Å². The summed E-state index contributed by atoms with van der Waals surface area (Å²) in [6.45, 7) is 6.16. The summed E-state index contributed by atoms with van der Waals surface area (Å²) < 4.78 is 0. The second kappa shape index (κ2) is 7.26.